The molecule has 39 heavy (non-hydrogen) atoms. The molecule has 0 aromatic heterocycles. The largest absolute Gasteiger partial charge is 0.352 e. The molecule has 0 radical (unpaired) electrons. The summed E-state index contributed by atoms with van der Waals surface area (Å²) in [7, 11) is -4.15. The quantitative estimate of drug-likeness (QED) is 0.307. The Bertz CT molecular complexity index is 1400. The average Bonchev–Trinajstić information content (AvgIpc) is 3.45. The molecular formula is C29H31BrClN3O4S. The highest BCUT2D eigenvalue weighted by Gasteiger charge is 2.34. The standard InChI is InChI=1S/C29H31BrClN3O4S/c1-21(29(36)32-24-9-5-6-10-24)33(19-22-15-17-23(30)18-16-22)28(35)20-34(27-14-8-7-13-26(27)31)39(37,38)25-11-3-2-4-12-25/h2-4,7-8,11-18,21,24H,5-6,9-10,19-20H2,1H3,(H,32,36). The summed E-state index contributed by atoms with van der Waals surface area (Å²) < 4.78 is 29.5. The molecule has 1 fully saturated rings. The number of halogens is 2. The van der Waals surface area contributed by atoms with E-state index in [9.17, 15) is 18.0 Å². The molecular weight excluding hydrogens is 602 g/mol. The minimum atomic E-state index is -4.15. The fourth-order valence-corrected chi connectivity index (χ4v) is 6.65. The van der Waals surface area contributed by atoms with Crippen molar-refractivity contribution in [3.63, 3.8) is 0 Å². The number of hydrogen-bond donors (Lipinski definition) is 1. The smallest absolute Gasteiger partial charge is 0.264 e. The summed E-state index contributed by atoms with van der Waals surface area (Å²) in [6.07, 6.45) is 3.94. The van der Waals surface area contributed by atoms with Gasteiger partial charge in [0.2, 0.25) is 11.8 Å². The van der Waals surface area contributed by atoms with E-state index < -0.39 is 28.5 Å². The van der Waals surface area contributed by atoms with Gasteiger partial charge in [-0.2, -0.15) is 0 Å². The number of amides is 2. The van der Waals surface area contributed by atoms with Crippen molar-refractivity contribution in [2.45, 2.75) is 56.1 Å². The van der Waals surface area contributed by atoms with Crippen LogP contribution in [0.25, 0.3) is 0 Å². The number of nitrogens with zero attached hydrogens (tertiary/aromatic N) is 2. The van der Waals surface area contributed by atoms with E-state index in [2.05, 4.69) is 21.2 Å². The van der Waals surface area contributed by atoms with Crippen molar-refractivity contribution in [2.24, 2.45) is 0 Å². The normalized spacial score (nSPS) is 14.5. The predicted molar refractivity (Wildman–Crippen MR) is 157 cm³/mol. The van der Waals surface area contributed by atoms with Crippen LogP contribution in [0.1, 0.15) is 38.2 Å². The molecule has 1 aliphatic carbocycles. The first-order chi connectivity index (χ1) is 18.7. The first-order valence-corrected chi connectivity index (χ1v) is 15.4. The molecule has 1 atom stereocenters. The van der Waals surface area contributed by atoms with Crippen LogP contribution in [0.5, 0.6) is 0 Å². The molecule has 1 N–H and O–H groups in total. The van der Waals surface area contributed by atoms with Crippen molar-refractivity contribution in [3.05, 3.63) is 93.9 Å². The Morgan fingerprint density at radius 3 is 2.23 bits per heavy atom. The molecule has 1 aliphatic rings. The highest BCUT2D eigenvalue weighted by atomic mass is 79.9. The number of hydrogen-bond acceptors (Lipinski definition) is 4. The Labute approximate surface area is 243 Å². The number of anilines is 1. The van der Waals surface area contributed by atoms with Gasteiger partial charge in [-0.1, -0.05) is 82.8 Å². The Kier molecular flexibility index (Phi) is 9.69. The second-order valence-corrected chi connectivity index (χ2v) is 12.8. The van der Waals surface area contributed by atoms with Crippen LogP contribution in [0.15, 0.2) is 88.2 Å². The zero-order valence-electron chi connectivity index (χ0n) is 21.6. The van der Waals surface area contributed by atoms with Gasteiger partial charge in [0, 0.05) is 17.1 Å². The van der Waals surface area contributed by atoms with Gasteiger partial charge in [0.25, 0.3) is 10.0 Å². The van der Waals surface area contributed by atoms with Gasteiger partial charge in [-0.05, 0) is 61.7 Å². The van der Waals surface area contributed by atoms with E-state index in [1.54, 1.807) is 49.4 Å². The van der Waals surface area contributed by atoms with Crippen molar-refractivity contribution < 1.29 is 18.0 Å². The minimum Gasteiger partial charge on any atom is -0.352 e. The summed E-state index contributed by atoms with van der Waals surface area (Å²) >= 11 is 9.85. The molecule has 0 spiro atoms. The van der Waals surface area contributed by atoms with Crippen LogP contribution in [0.4, 0.5) is 5.69 Å². The van der Waals surface area contributed by atoms with Crippen LogP contribution in [-0.4, -0.2) is 43.8 Å². The lowest BCUT2D eigenvalue weighted by atomic mass is 10.1. The molecule has 7 nitrogen and oxygen atoms in total. The van der Waals surface area contributed by atoms with E-state index in [1.165, 1.54) is 17.0 Å². The van der Waals surface area contributed by atoms with E-state index in [1.807, 2.05) is 24.3 Å². The third kappa shape index (κ3) is 7.21. The second-order valence-electron chi connectivity index (χ2n) is 9.59. The Morgan fingerprint density at radius 1 is 0.974 bits per heavy atom. The SMILES string of the molecule is CC(C(=O)NC1CCCC1)N(Cc1ccc(Br)cc1)C(=O)CN(c1ccccc1Cl)S(=O)(=O)c1ccccc1. The molecule has 0 aliphatic heterocycles. The maximum atomic E-state index is 14.0. The van der Waals surface area contributed by atoms with Gasteiger partial charge in [-0.15, -0.1) is 0 Å². The lowest BCUT2D eigenvalue weighted by Gasteiger charge is -2.32. The van der Waals surface area contributed by atoms with Crippen molar-refractivity contribution in [2.75, 3.05) is 10.8 Å². The minimum absolute atomic E-state index is 0.0317. The van der Waals surface area contributed by atoms with E-state index in [0.717, 1.165) is 40.0 Å². The van der Waals surface area contributed by atoms with E-state index >= 15 is 0 Å². The molecule has 2 amide bonds. The summed E-state index contributed by atoms with van der Waals surface area (Å²) in [4.78, 5) is 28.7. The van der Waals surface area contributed by atoms with Gasteiger partial charge in [-0.3, -0.25) is 13.9 Å². The predicted octanol–water partition coefficient (Wildman–Crippen LogP) is 5.77. The third-order valence-electron chi connectivity index (χ3n) is 6.87. The highest BCUT2D eigenvalue weighted by molar-refractivity contribution is 9.10. The Balaban J connectivity index is 1.68. The number of nitrogens with one attached hydrogen (secondary N) is 1. The molecule has 3 aromatic rings. The van der Waals surface area contributed by atoms with Crippen LogP contribution in [0, 0.1) is 0 Å². The first-order valence-electron chi connectivity index (χ1n) is 12.8. The van der Waals surface area contributed by atoms with Gasteiger partial charge in [0.1, 0.15) is 12.6 Å². The second kappa shape index (κ2) is 13.0. The lowest BCUT2D eigenvalue weighted by Crippen LogP contribution is -2.52. The van der Waals surface area contributed by atoms with Crippen molar-refractivity contribution >= 4 is 55.1 Å². The molecule has 3 aromatic carbocycles. The van der Waals surface area contributed by atoms with Crippen molar-refractivity contribution in [1.29, 1.82) is 0 Å². The molecule has 0 saturated heterocycles. The number of carbonyl (C=O) groups excluding carboxylic acids is 2. The molecule has 1 unspecified atom stereocenters. The monoisotopic (exact) mass is 631 g/mol. The maximum absolute atomic E-state index is 14.0. The molecule has 0 heterocycles. The van der Waals surface area contributed by atoms with Crippen LogP contribution in [-0.2, 0) is 26.2 Å². The van der Waals surface area contributed by atoms with Gasteiger partial charge < -0.3 is 10.2 Å². The van der Waals surface area contributed by atoms with Crippen molar-refractivity contribution in [1.82, 2.24) is 10.2 Å². The number of rotatable bonds is 10. The zero-order valence-corrected chi connectivity index (χ0v) is 24.8. The summed E-state index contributed by atoms with van der Waals surface area (Å²) in [6.45, 7) is 1.28. The fraction of sp³-hybridized carbons (Fsp3) is 0.310. The van der Waals surface area contributed by atoms with Gasteiger partial charge in [-0.25, -0.2) is 8.42 Å². The van der Waals surface area contributed by atoms with Crippen LogP contribution in [0.2, 0.25) is 5.02 Å². The number of benzene rings is 3. The van der Waals surface area contributed by atoms with Crippen LogP contribution < -0.4 is 9.62 Å². The average molecular weight is 633 g/mol. The molecule has 0 bridgehead atoms. The summed E-state index contributed by atoms with van der Waals surface area (Å²) in [5, 5.41) is 3.26. The number of sulfonamides is 1. The van der Waals surface area contributed by atoms with Gasteiger partial charge in [0.05, 0.1) is 15.6 Å². The molecule has 4 rings (SSSR count). The summed E-state index contributed by atoms with van der Waals surface area (Å²) in [5.41, 5.74) is 0.991. The molecule has 10 heteroatoms. The molecule has 1 saturated carbocycles. The Morgan fingerprint density at radius 2 is 1.59 bits per heavy atom. The van der Waals surface area contributed by atoms with Gasteiger partial charge >= 0.3 is 0 Å². The van der Waals surface area contributed by atoms with E-state index in [4.69, 9.17) is 11.6 Å². The molecule has 206 valence electrons. The van der Waals surface area contributed by atoms with E-state index in [0.29, 0.717) is 0 Å². The van der Waals surface area contributed by atoms with Crippen molar-refractivity contribution in [3.8, 4) is 0 Å². The fourth-order valence-electron chi connectivity index (χ4n) is 4.65. The van der Waals surface area contributed by atoms with E-state index in [-0.39, 0.29) is 34.1 Å². The van der Waals surface area contributed by atoms with Crippen LogP contribution in [0.3, 0.4) is 0 Å². The maximum Gasteiger partial charge on any atom is 0.264 e. The first kappa shape index (κ1) is 29.1. The lowest BCUT2D eigenvalue weighted by molar-refractivity contribution is -0.139. The Hall–Kier alpha value is -2.88. The number of para-hydroxylation sites is 1. The highest BCUT2D eigenvalue weighted by Crippen LogP contribution is 2.31. The van der Waals surface area contributed by atoms with Gasteiger partial charge in [0.15, 0.2) is 0 Å². The topological polar surface area (TPSA) is 86.8 Å². The number of carbonyl (C=O) groups is 2. The van der Waals surface area contributed by atoms with Crippen LogP contribution >= 0.6 is 27.5 Å². The summed E-state index contributed by atoms with van der Waals surface area (Å²) in [6, 6.07) is 21.1. The zero-order chi connectivity index (χ0) is 28.0. The third-order valence-corrected chi connectivity index (χ3v) is 9.49. The summed E-state index contributed by atoms with van der Waals surface area (Å²) in [5.74, 6) is -0.783.